The molecule has 0 spiro atoms. The molecule has 7 nitrogen and oxygen atoms in total. The fraction of sp³-hybridized carbons (Fsp3) is 0.375. The van der Waals surface area contributed by atoms with E-state index in [9.17, 15) is 0 Å². The molecule has 120 valence electrons. The molecule has 3 heterocycles. The van der Waals surface area contributed by atoms with Crippen LogP contribution in [0.5, 0.6) is 0 Å². The first-order chi connectivity index (χ1) is 10.9. The maximum absolute atomic E-state index is 6.07. The van der Waals surface area contributed by atoms with Gasteiger partial charge in [-0.15, -0.1) is 0 Å². The Bertz CT molecular complexity index is 851. The minimum Gasteiger partial charge on any atom is -0.383 e. The molecule has 0 unspecified atom stereocenters. The lowest BCUT2D eigenvalue weighted by atomic mass is 10.1. The highest BCUT2D eigenvalue weighted by Crippen LogP contribution is 2.22. The number of nitrogens with two attached hydrogens (primary N) is 1. The van der Waals surface area contributed by atoms with E-state index in [4.69, 9.17) is 5.73 Å². The summed E-state index contributed by atoms with van der Waals surface area (Å²) in [6.45, 7) is 8.65. The van der Waals surface area contributed by atoms with Crippen molar-refractivity contribution in [2.75, 3.05) is 11.1 Å². The number of nitrogens with zero attached hydrogens (tertiary/aromatic N) is 5. The first-order valence-electron chi connectivity index (χ1n) is 7.63. The van der Waals surface area contributed by atoms with Gasteiger partial charge in [-0.3, -0.25) is 4.68 Å². The Labute approximate surface area is 135 Å². The molecule has 0 aliphatic heterocycles. The molecule has 0 saturated heterocycles. The zero-order valence-corrected chi connectivity index (χ0v) is 13.8. The molecule has 0 aliphatic rings. The number of rotatable bonds is 4. The molecule has 0 aromatic carbocycles. The minimum atomic E-state index is 0.339. The van der Waals surface area contributed by atoms with Crippen molar-refractivity contribution >= 4 is 22.8 Å². The largest absolute Gasteiger partial charge is 0.383 e. The number of hydrogen-bond acceptors (Lipinski definition) is 6. The third-order valence-electron chi connectivity index (χ3n) is 3.64. The van der Waals surface area contributed by atoms with Gasteiger partial charge in [-0.25, -0.2) is 4.98 Å². The van der Waals surface area contributed by atoms with E-state index in [1.807, 2.05) is 36.9 Å². The monoisotopic (exact) mass is 311 g/mol. The predicted octanol–water partition coefficient (Wildman–Crippen LogP) is 2.61. The van der Waals surface area contributed by atoms with Gasteiger partial charge >= 0.3 is 0 Å². The van der Waals surface area contributed by atoms with Gasteiger partial charge in [0.15, 0.2) is 5.65 Å². The van der Waals surface area contributed by atoms with Crippen molar-refractivity contribution in [3.63, 3.8) is 0 Å². The Morgan fingerprint density at radius 3 is 2.70 bits per heavy atom. The molecule has 0 saturated carbocycles. The Kier molecular flexibility index (Phi) is 3.85. The van der Waals surface area contributed by atoms with E-state index in [-0.39, 0.29) is 0 Å². The van der Waals surface area contributed by atoms with Crippen molar-refractivity contribution in [2.45, 2.75) is 40.3 Å². The summed E-state index contributed by atoms with van der Waals surface area (Å²) in [5.41, 5.74) is 9.56. The number of hydrogen-bond donors (Lipinski definition) is 2. The van der Waals surface area contributed by atoms with E-state index in [0.29, 0.717) is 30.0 Å². The summed E-state index contributed by atoms with van der Waals surface area (Å²) in [5, 5.41) is 8.47. The fourth-order valence-electron chi connectivity index (χ4n) is 2.52. The average Bonchev–Trinajstić information content (AvgIpc) is 2.93. The van der Waals surface area contributed by atoms with Crippen LogP contribution in [0.2, 0.25) is 0 Å². The summed E-state index contributed by atoms with van der Waals surface area (Å²) >= 11 is 0. The summed E-state index contributed by atoms with van der Waals surface area (Å²) in [4.78, 5) is 13.2. The predicted molar refractivity (Wildman–Crippen MR) is 91.2 cm³/mol. The molecule has 3 aromatic rings. The topological polar surface area (TPSA) is 94.5 Å². The van der Waals surface area contributed by atoms with Crippen molar-refractivity contribution in [1.82, 2.24) is 24.7 Å². The minimum absolute atomic E-state index is 0.339. The molecule has 0 fully saturated rings. The molecular weight excluding hydrogens is 290 g/mol. The van der Waals surface area contributed by atoms with E-state index in [1.54, 1.807) is 0 Å². The maximum atomic E-state index is 6.07. The van der Waals surface area contributed by atoms with E-state index in [0.717, 1.165) is 22.3 Å². The molecule has 3 rings (SSSR count). The average molecular weight is 311 g/mol. The zero-order chi connectivity index (χ0) is 16.6. The van der Waals surface area contributed by atoms with Crippen LogP contribution in [0.4, 0.5) is 11.8 Å². The number of nitrogen functional groups attached to an aromatic ring is 1. The number of anilines is 2. The van der Waals surface area contributed by atoms with Crippen LogP contribution < -0.4 is 11.1 Å². The highest BCUT2D eigenvalue weighted by Gasteiger charge is 2.10. The molecule has 0 radical (unpaired) electrons. The first kappa shape index (κ1) is 15.2. The number of pyridine rings is 1. The number of aromatic nitrogens is 5. The summed E-state index contributed by atoms with van der Waals surface area (Å²) < 4.78 is 1.92. The number of nitrogens with one attached hydrogen (secondary N) is 1. The lowest BCUT2D eigenvalue weighted by Crippen LogP contribution is -2.08. The third kappa shape index (κ3) is 3.08. The quantitative estimate of drug-likeness (QED) is 0.769. The summed E-state index contributed by atoms with van der Waals surface area (Å²) in [7, 11) is 0. The van der Waals surface area contributed by atoms with Crippen molar-refractivity contribution in [2.24, 2.45) is 0 Å². The lowest BCUT2D eigenvalue weighted by molar-refractivity contribution is 0.527. The molecule has 23 heavy (non-hydrogen) atoms. The van der Waals surface area contributed by atoms with Gasteiger partial charge in [-0.05, 0) is 45.4 Å². The van der Waals surface area contributed by atoms with Crippen molar-refractivity contribution in [1.29, 1.82) is 0 Å². The van der Waals surface area contributed by atoms with E-state index >= 15 is 0 Å². The number of aryl methyl sites for hydroxylation is 2. The van der Waals surface area contributed by atoms with Gasteiger partial charge in [-0.1, -0.05) is 0 Å². The molecule has 3 aromatic heterocycles. The molecular formula is C16H21N7. The lowest BCUT2D eigenvalue weighted by Gasteiger charge is -2.09. The van der Waals surface area contributed by atoms with Crippen LogP contribution >= 0.6 is 0 Å². The van der Waals surface area contributed by atoms with Crippen LogP contribution in [0.1, 0.15) is 36.8 Å². The number of fused-ring (bicyclic) bond motifs is 1. The standard InChI is InChI=1S/C16H21N7/c1-9(2)23-6-5-12(22-23)8-18-16-20-14(17)13-10(3)7-11(4)19-15(13)21-16/h5-7,9H,8H2,1-4H3,(H3,17,18,19,20,21). The van der Waals surface area contributed by atoms with E-state index in [2.05, 4.69) is 39.2 Å². The van der Waals surface area contributed by atoms with Gasteiger partial charge in [0.25, 0.3) is 0 Å². The molecule has 0 bridgehead atoms. The smallest absolute Gasteiger partial charge is 0.227 e. The SMILES string of the molecule is Cc1cc(C)c2c(N)nc(NCc3ccn(C(C)C)n3)nc2n1. The highest BCUT2D eigenvalue weighted by molar-refractivity contribution is 5.89. The van der Waals surface area contributed by atoms with E-state index in [1.165, 1.54) is 0 Å². The van der Waals surface area contributed by atoms with Crippen LogP contribution in [0, 0.1) is 13.8 Å². The van der Waals surface area contributed by atoms with E-state index < -0.39 is 0 Å². The zero-order valence-electron chi connectivity index (χ0n) is 13.8. The Balaban J connectivity index is 1.85. The second-order valence-electron chi connectivity index (χ2n) is 5.95. The summed E-state index contributed by atoms with van der Waals surface area (Å²) in [6.07, 6.45) is 1.96. The first-order valence-corrected chi connectivity index (χ1v) is 7.63. The molecule has 0 amide bonds. The molecule has 7 heteroatoms. The van der Waals surface area contributed by atoms with Gasteiger partial charge in [0.2, 0.25) is 5.95 Å². The van der Waals surface area contributed by atoms with Crippen LogP contribution in [0.25, 0.3) is 11.0 Å². The van der Waals surface area contributed by atoms with Gasteiger partial charge in [0, 0.05) is 17.9 Å². The fourth-order valence-corrected chi connectivity index (χ4v) is 2.52. The second kappa shape index (κ2) is 5.83. The van der Waals surface area contributed by atoms with Crippen LogP contribution in [0.15, 0.2) is 18.3 Å². The maximum Gasteiger partial charge on any atom is 0.227 e. The van der Waals surface area contributed by atoms with Gasteiger partial charge in [0.1, 0.15) is 5.82 Å². The Hall–Kier alpha value is -2.70. The summed E-state index contributed by atoms with van der Waals surface area (Å²) in [6, 6.07) is 4.30. The Morgan fingerprint density at radius 2 is 2.00 bits per heavy atom. The third-order valence-corrected chi connectivity index (χ3v) is 3.64. The van der Waals surface area contributed by atoms with Crippen molar-refractivity contribution < 1.29 is 0 Å². The van der Waals surface area contributed by atoms with Crippen LogP contribution in [-0.2, 0) is 6.54 Å². The van der Waals surface area contributed by atoms with Crippen molar-refractivity contribution in [3.05, 3.63) is 35.3 Å². The van der Waals surface area contributed by atoms with Crippen LogP contribution in [-0.4, -0.2) is 24.7 Å². The highest BCUT2D eigenvalue weighted by atomic mass is 15.3. The second-order valence-corrected chi connectivity index (χ2v) is 5.95. The summed E-state index contributed by atoms with van der Waals surface area (Å²) in [5.74, 6) is 0.904. The van der Waals surface area contributed by atoms with Crippen LogP contribution in [0.3, 0.4) is 0 Å². The Morgan fingerprint density at radius 1 is 1.22 bits per heavy atom. The molecule has 0 atom stereocenters. The molecule has 3 N–H and O–H groups in total. The van der Waals surface area contributed by atoms with Gasteiger partial charge in [0.05, 0.1) is 17.6 Å². The van der Waals surface area contributed by atoms with Gasteiger partial charge < -0.3 is 11.1 Å². The normalized spacial score (nSPS) is 11.3. The molecule has 0 aliphatic carbocycles. The van der Waals surface area contributed by atoms with Gasteiger partial charge in [-0.2, -0.15) is 15.1 Å². The van der Waals surface area contributed by atoms with Crippen molar-refractivity contribution in [3.8, 4) is 0 Å².